The first-order valence-electron chi connectivity index (χ1n) is 10.2. The highest BCUT2D eigenvalue weighted by Gasteiger charge is 2.30. The van der Waals surface area contributed by atoms with Gasteiger partial charge in [0, 0.05) is 12.8 Å². The number of primary amides is 1. The van der Waals surface area contributed by atoms with E-state index in [1.54, 1.807) is 0 Å². The molecule has 0 aromatic heterocycles. The number of aliphatic hydroxyl groups is 2. The summed E-state index contributed by atoms with van der Waals surface area (Å²) < 4.78 is 0. The normalized spacial score (nSPS) is 14.2. The second-order valence-electron chi connectivity index (χ2n) is 7.37. The van der Waals surface area contributed by atoms with E-state index >= 15 is 0 Å². The van der Waals surface area contributed by atoms with Gasteiger partial charge in [0.05, 0.1) is 13.2 Å². The van der Waals surface area contributed by atoms with Crippen LogP contribution in [0.15, 0.2) is 24.3 Å². The number of carbonyl (C=O) groups excluding carboxylic acids is 4. The lowest BCUT2D eigenvalue weighted by molar-refractivity contribution is -0.142. The predicted octanol–water partition coefficient (Wildman–Crippen LogP) is -3.95. The molecule has 1 aromatic rings. The van der Waals surface area contributed by atoms with Crippen molar-refractivity contribution in [2.45, 2.75) is 43.4 Å². The molecule has 4 atom stereocenters. The standard InChI is InChI=1S/C20H29N5O9/c21-12(8-26)17(30)25-15(9-27)19(32)23-13(5-6-16(22)29)18(31)24-14(20(33)34)7-10-1-3-11(28)4-2-10/h1-4,12-15,26-28H,5-9,21H2,(H2,22,29)(H,23,32)(H,24,31)(H,25,30)(H,33,34). The number of carbonyl (C=O) groups is 5. The quantitative estimate of drug-likeness (QED) is 0.124. The molecule has 0 aliphatic heterocycles. The van der Waals surface area contributed by atoms with Crippen LogP contribution < -0.4 is 27.4 Å². The maximum Gasteiger partial charge on any atom is 0.326 e. The zero-order valence-corrected chi connectivity index (χ0v) is 18.1. The highest BCUT2D eigenvalue weighted by atomic mass is 16.4. The van der Waals surface area contributed by atoms with Crippen LogP contribution in [0.3, 0.4) is 0 Å². The number of phenols is 1. The molecule has 0 radical (unpaired) electrons. The van der Waals surface area contributed by atoms with Crippen molar-refractivity contribution in [1.29, 1.82) is 0 Å². The highest BCUT2D eigenvalue weighted by molar-refractivity contribution is 5.94. The van der Waals surface area contributed by atoms with Gasteiger partial charge >= 0.3 is 5.97 Å². The average molecular weight is 483 g/mol. The van der Waals surface area contributed by atoms with Crippen molar-refractivity contribution in [3.63, 3.8) is 0 Å². The number of aliphatic carboxylic acids is 1. The number of phenolic OH excluding ortho intramolecular Hbond substituents is 1. The third-order valence-corrected chi connectivity index (χ3v) is 4.65. The van der Waals surface area contributed by atoms with Gasteiger partial charge in [-0.3, -0.25) is 19.2 Å². The Bertz CT molecular complexity index is 878. The van der Waals surface area contributed by atoms with Gasteiger partial charge in [-0.25, -0.2) is 4.79 Å². The summed E-state index contributed by atoms with van der Waals surface area (Å²) in [4.78, 5) is 59.9. The Morgan fingerprint density at radius 1 is 0.824 bits per heavy atom. The lowest BCUT2D eigenvalue weighted by Crippen LogP contribution is -2.58. The molecule has 0 fully saturated rings. The number of rotatable bonds is 14. The summed E-state index contributed by atoms with van der Waals surface area (Å²) in [6, 6.07) is -0.117. The Morgan fingerprint density at radius 2 is 1.35 bits per heavy atom. The molecule has 1 rings (SSSR count). The number of aromatic hydroxyl groups is 1. The van der Waals surface area contributed by atoms with Crippen molar-refractivity contribution in [3.05, 3.63) is 29.8 Å². The summed E-state index contributed by atoms with van der Waals surface area (Å²) in [5.41, 5.74) is 10.9. The number of hydrogen-bond donors (Lipinski definition) is 9. The van der Waals surface area contributed by atoms with Crippen molar-refractivity contribution in [3.8, 4) is 5.75 Å². The molecule has 0 heterocycles. The number of carboxylic acids is 1. The SMILES string of the molecule is NC(=O)CCC(NC(=O)C(CO)NC(=O)C(N)CO)C(=O)NC(Cc1ccc(O)cc1)C(=O)O. The molecule has 14 nitrogen and oxygen atoms in total. The molecule has 4 unspecified atom stereocenters. The number of aliphatic hydroxyl groups excluding tert-OH is 2. The van der Waals surface area contributed by atoms with Crippen LogP contribution >= 0.6 is 0 Å². The minimum atomic E-state index is -1.54. The molecule has 0 saturated heterocycles. The van der Waals surface area contributed by atoms with Gasteiger partial charge in [-0.05, 0) is 24.1 Å². The summed E-state index contributed by atoms with van der Waals surface area (Å²) in [5, 5.41) is 43.8. The number of nitrogens with one attached hydrogen (secondary N) is 3. The Morgan fingerprint density at radius 3 is 1.85 bits per heavy atom. The van der Waals surface area contributed by atoms with Gasteiger partial charge in [-0.2, -0.15) is 0 Å². The summed E-state index contributed by atoms with van der Waals surface area (Å²) in [6.07, 6.45) is -0.771. The fourth-order valence-electron chi connectivity index (χ4n) is 2.72. The van der Waals surface area contributed by atoms with Gasteiger partial charge in [0.1, 0.15) is 29.9 Å². The zero-order chi connectivity index (χ0) is 25.8. The monoisotopic (exact) mass is 483 g/mol. The van der Waals surface area contributed by atoms with Crippen LogP contribution in [-0.4, -0.2) is 87.4 Å². The van der Waals surface area contributed by atoms with Crippen molar-refractivity contribution in [2.24, 2.45) is 11.5 Å². The van der Waals surface area contributed by atoms with Crippen LogP contribution in [0.25, 0.3) is 0 Å². The number of benzene rings is 1. The van der Waals surface area contributed by atoms with Gasteiger partial charge in [0.25, 0.3) is 0 Å². The van der Waals surface area contributed by atoms with Crippen LogP contribution in [0.2, 0.25) is 0 Å². The zero-order valence-electron chi connectivity index (χ0n) is 18.1. The Labute approximate surface area is 194 Å². The van der Waals surface area contributed by atoms with E-state index in [0.29, 0.717) is 5.56 Å². The Hall–Kier alpha value is -3.75. The van der Waals surface area contributed by atoms with Gasteiger partial charge in [-0.15, -0.1) is 0 Å². The summed E-state index contributed by atoms with van der Waals surface area (Å²) in [6.45, 7) is -1.59. The minimum Gasteiger partial charge on any atom is -0.508 e. The molecule has 0 spiro atoms. The highest BCUT2D eigenvalue weighted by Crippen LogP contribution is 2.12. The summed E-state index contributed by atoms with van der Waals surface area (Å²) >= 11 is 0. The lowest BCUT2D eigenvalue weighted by atomic mass is 10.0. The van der Waals surface area contributed by atoms with Crippen LogP contribution in [0, 0.1) is 0 Å². The number of amides is 4. The fourth-order valence-corrected chi connectivity index (χ4v) is 2.72. The summed E-state index contributed by atoms with van der Waals surface area (Å²) in [5.74, 6) is -5.09. The number of carboxylic acid groups (broad SMARTS) is 1. The topological polar surface area (TPSA) is 254 Å². The third-order valence-electron chi connectivity index (χ3n) is 4.65. The van der Waals surface area contributed by atoms with Gasteiger partial charge in [0.15, 0.2) is 0 Å². The van der Waals surface area contributed by atoms with E-state index in [0.717, 1.165) is 0 Å². The predicted molar refractivity (Wildman–Crippen MR) is 116 cm³/mol. The third kappa shape index (κ3) is 9.40. The second-order valence-corrected chi connectivity index (χ2v) is 7.37. The molecule has 4 amide bonds. The molecule has 14 heteroatoms. The van der Waals surface area contributed by atoms with Crippen molar-refractivity contribution < 1.29 is 44.4 Å². The average Bonchev–Trinajstić information content (AvgIpc) is 2.79. The van der Waals surface area contributed by atoms with E-state index < -0.39 is 67.0 Å². The molecule has 0 aliphatic carbocycles. The number of nitrogens with two attached hydrogens (primary N) is 2. The maximum atomic E-state index is 12.8. The molecule has 1 aromatic carbocycles. The van der Waals surface area contributed by atoms with Crippen molar-refractivity contribution >= 4 is 29.6 Å². The Balaban J connectivity index is 2.95. The molecular weight excluding hydrogens is 454 g/mol. The van der Waals surface area contributed by atoms with E-state index in [1.807, 2.05) is 0 Å². The van der Waals surface area contributed by atoms with E-state index in [4.69, 9.17) is 16.6 Å². The molecule has 11 N–H and O–H groups in total. The second kappa shape index (κ2) is 13.7. The van der Waals surface area contributed by atoms with E-state index in [-0.39, 0.29) is 25.0 Å². The minimum absolute atomic E-state index is 0.0284. The fraction of sp³-hybridized carbons (Fsp3) is 0.450. The molecular formula is C20H29N5O9. The van der Waals surface area contributed by atoms with Gasteiger partial charge in [-0.1, -0.05) is 12.1 Å². The van der Waals surface area contributed by atoms with Gasteiger partial charge in [0.2, 0.25) is 23.6 Å². The van der Waals surface area contributed by atoms with Crippen LogP contribution in [-0.2, 0) is 30.4 Å². The van der Waals surface area contributed by atoms with Crippen molar-refractivity contribution in [2.75, 3.05) is 13.2 Å². The number of hydrogen-bond acceptors (Lipinski definition) is 9. The van der Waals surface area contributed by atoms with E-state index in [1.165, 1.54) is 24.3 Å². The largest absolute Gasteiger partial charge is 0.508 e. The first-order chi connectivity index (χ1) is 16.0. The molecule has 0 saturated carbocycles. The Kier molecular flexibility index (Phi) is 11.4. The molecule has 188 valence electrons. The smallest absolute Gasteiger partial charge is 0.326 e. The lowest BCUT2D eigenvalue weighted by Gasteiger charge is -2.24. The first kappa shape index (κ1) is 28.3. The maximum absolute atomic E-state index is 12.8. The summed E-state index contributed by atoms with van der Waals surface area (Å²) in [7, 11) is 0. The van der Waals surface area contributed by atoms with Crippen LogP contribution in [0.4, 0.5) is 0 Å². The van der Waals surface area contributed by atoms with Crippen LogP contribution in [0.1, 0.15) is 18.4 Å². The first-order valence-corrected chi connectivity index (χ1v) is 10.2. The van der Waals surface area contributed by atoms with Gasteiger partial charge < -0.3 is 47.8 Å². The van der Waals surface area contributed by atoms with Crippen molar-refractivity contribution in [1.82, 2.24) is 16.0 Å². The van der Waals surface area contributed by atoms with Crippen LogP contribution in [0.5, 0.6) is 5.75 Å². The van der Waals surface area contributed by atoms with E-state index in [2.05, 4.69) is 16.0 Å². The molecule has 34 heavy (non-hydrogen) atoms. The molecule has 0 aliphatic rings. The molecule has 0 bridgehead atoms. The van der Waals surface area contributed by atoms with E-state index in [9.17, 15) is 39.3 Å².